The molecule has 1 N–H and O–H groups in total. The first-order chi connectivity index (χ1) is 19.2. The molecule has 3 aromatic carbocycles. The molecule has 7 nitrogen and oxygen atoms in total. The lowest BCUT2D eigenvalue weighted by Gasteiger charge is -2.51. The van der Waals surface area contributed by atoms with Gasteiger partial charge in [-0.1, -0.05) is 99.6 Å². The van der Waals surface area contributed by atoms with E-state index in [0.717, 1.165) is 16.7 Å². The standard InChI is InChI=1S/C32H32N2O5S/c1-32(2,3)24-20-40-30-26(33-25(35)19-38-23-17-11-6-12-18-23)29(36)34(30)27(24)31(37)39-28(21-13-7-4-8-14-21)22-15-9-5-10-16-22/h4-18,26,28,30H,19-20H2,1-3H3,(H,33,35)/t26?,30-/m1/s1. The number of thioether (sulfide) groups is 1. The summed E-state index contributed by atoms with van der Waals surface area (Å²) in [5, 5.41) is 2.38. The van der Waals surface area contributed by atoms with Crippen molar-refractivity contribution in [3.63, 3.8) is 0 Å². The van der Waals surface area contributed by atoms with Crippen LogP contribution in [-0.4, -0.2) is 46.5 Å². The number of nitrogens with zero attached hydrogens (tertiary/aromatic N) is 1. The lowest BCUT2D eigenvalue weighted by molar-refractivity contribution is -0.155. The normalized spacial score (nSPS) is 18.6. The molecule has 0 radical (unpaired) electrons. The quantitative estimate of drug-likeness (QED) is 0.307. The fourth-order valence-electron chi connectivity index (χ4n) is 4.81. The van der Waals surface area contributed by atoms with Gasteiger partial charge in [0, 0.05) is 5.75 Å². The molecule has 2 aliphatic rings. The molecule has 206 valence electrons. The van der Waals surface area contributed by atoms with Crippen LogP contribution in [0, 0.1) is 5.41 Å². The first-order valence-corrected chi connectivity index (χ1v) is 14.3. The first kappa shape index (κ1) is 27.5. The summed E-state index contributed by atoms with van der Waals surface area (Å²) in [6.45, 7) is 5.85. The van der Waals surface area contributed by atoms with E-state index in [9.17, 15) is 14.4 Å². The number of nitrogens with one attached hydrogen (secondary N) is 1. The number of β-lactam (4-membered cyclic amide) rings is 1. The molecule has 1 fully saturated rings. The Balaban J connectivity index is 1.37. The van der Waals surface area contributed by atoms with Crippen molar-refractivity contribution in [1.29, 1.82) is 0 Å². The van der Waals surface area contributed by atoms with E-state index in [0.29, 0.717) is 11.5 Å². The molecular weight excluding hydrogens is 524 g/mol. The van der Waals surface area contributed by atoms with Crippen LogP contribution in [0.1, 0.15) is 38.0 Å². The van der Waals surface area contributed by atoms with Crippen molar-refractivity contribution in [2.45, 2.75) is 38.3 Å². The fourth-order valence-corrected chi connectivity index (χ4v) is 6.45. The van der Waals surface area contributed by atoms with Crippen molar-refractivity contribution < 1.29 is 23.9 Å². The smallest absolute Gasteiger partial charge is 0.356 e. The molecule has 40 heavy (non-hydrogen) atoms. The van der Waals surface area contributed by atoms with Crippen LogP contribution >= 0.6 is 11.8 Å². The molecule has 2 aliphatic heterocycles. The molecule has 0 bridgehead atoms. The average molecular weight is 557 g/mol. The zero-order valence-corrected chi connectivity index (χ0v) is 23.5. The Morgan fingerprint density at radius 1 is 0.925 bits per heavy atom. The minimum Gasteiger partial charge on any atom is -0.484 e. The number of hydrogen-bond donors (Lipinski definition) is 1. The number of esters is 1. The molecule has 2 amide bonds. The van der Waals surface area contributed by atoms with Gasteiger partial charge in [0.1, 0.15) is 22.9 Å². The summed E-state index contributed by atoms with van der Waals surface area (Å²) in [6, 6.07) is 27.4. The Hall–Kier alpha value is -4.04. The van der Waals surface area contributed by atoms with E-state index in [4.69, 9.17) is 9.47 Å². The van der Waals surface area contributed by atoms with Gasteiger partial charge < -0.3 is 14.8 Å². The van der Waals surface area contributed by atoms with Crippen LogP contribution in [0.5, 0.6) is 5.75 Å². The van der Waals surface area contributed by atoms with Gasteiger partial charge in [-0.2, -0.15) is 0 Å². The van der Waals surface area contributed by atoms with Gasteiger partial charge in [0.15, 0.2) is 12.7 Å². The number of ether oxygens (including phenoxy) is 2. The largest absolute Gasteiger partial charge is 0.484 e. The highest BCUT2D eigenvalue weighted by molar-refractivity contribution is 8.00. The number of hydrogen-bond acceptors (Lipinski definition) is 6. The van der Waals surface area contributed by atoms with Gasteiger partial charge in [-0.3, -0.25) is 14.5 Å². The number of fused-ring (bicyclic) bond motifs is 1. The van der Waals surface area contributed by atoms with Gasteiger partial charge in [-0.25, -0.2) is 4.79 Å². The highest BCUT2D eigenvalue weighted by Gasteiger charge is 2.55. The number of rotatable bonds is 8. The van der Waals surface area contributed by atoms with Crippen molar-refractivity contribution in [3.8, 4) is 5.75 Å². The number of para-hydroxylation sites is 1. The molecule has 2 atom stereocenters. The summed E-state index contributed by atoms with van der Waals surface area (Å²) in [5.41, 5.74) is 2.40. The second-order valence-electron chi connectivity index (χ2n) is 10.7. The van der Waals surface area contributed by atoms with Crippen LogP contribution in [0.15, 0.2) is 102 Å². The van der Waals surface area contributed by atoms with Crippen molar-refractivity contribution in [3.05, 3.63) is 113 Å². The minimum atomic E-state index is -0.750. The summed E-state index contributed by atoms with van der Waals surface area (Å²) >= 11 is 1.53. The molecule has 0 aromatic heterocycles. The maximum absolute atomic E-state index is 13.9. The predicted octanol–water partition coefficient (Wildman–Crippen LogP) is 5.10. The van der Waals surface area contributed by atoms with Gasteiger partial charge in [-0.15, -0.1) is 11.8 Å². The van der Waals surface area contributed by atoms with Crippen LogP contribution in [0.25, 0.3) is 0 Å². The summed E-state index contributed by atoms with van der Waals surface area (Å²) < 4.78 is 11.7. The number of carbonyl (C=O) groups is 3. The Morgan fingerprint density at radius 3 is 2.02 bits per heavy atom. The highest BCUT2D eigenvalue weighted by atomic mass is 32.2. The van der Waals surface area contributed by atoms with E-state index < -0.39 is 29.4 Å². The molecule has 5 rings (SSSR count). The number of carbonyl (C=O) groups excluding carboxylic acids is 3. The maximum atomic E-state index is 13.9. The molecule has 1 unspecified atom stereocenters. The Bertz CT molecular complexity index is 1360. The second kappa shape index (κ2) is 11.6. The monoisotopic (exact) mass is 556 g/mol. The minimum absolute atomic E-state index is 0.209. The zero-order chi connectivity index (χ0) is 28.3. The molecule has 0 saturated carbocycles. The summed E-state index contributed by atoms with van der Waals surface area (Å²) in [4.78, 5) is 41.5. The van der Waals surface area contributed by atoms with E-state index >= 15 is 0 Å². The molecule has 2 heterocycles. The molecule has 0 aliphatic carbocycles. The molecular formula is C32H32N2O5S. The van der Waals surface area contributed by atoms with E-state index in [-0.39, 0.29) is 23.6 Å². The molecule has 1 saturated heterocycles. The van der Waals surface area contributed by atoms with Gasteiger partial charge in [0.05, 0.1) is 0 Å². The third kappa shape index (κ3) is 5.77. The molecule has 3 aromatic rings. The van der Waals surface area contributed by atoms with Crippen molar-refractivity contribution >= 4 is 29.5 Å². The second-order valence-corrected chi connectivity index (χ2v) is 11.8. The summed E-state index contributed by atoms with van der Waals surface area (Å²) in [6.07, 6.45) is -0.640. The van der Waals surface area contributed by atoms with E-state index in [1.165, 1.54) is 16.7 Å². The Kier molecular flexibility index (Phi) is 7.98. The predicted molar refractivity (Wildman–Crippen MR) is 154 cm³/mol. The Morgan fingerprint density at radius 2 is 1.48 bits per heavy atom. The van der Waals surface area contributed by atoms with Crippen molar-refractivity contribution in [2.75, 3.05) is 12.4 Å². The van der Waals surface area contributed by atoms with Crippen molar-refractivity contribution in [1.82, 2.24) is 10.2 Å². The van der Waals surface area contributed by atoms with Crippen molar-refractivity contribution in [2.24, 2.45) is 5.41 Å². The van der Waals surface area contributed by atoms with Crippen LogP contribution in [0.3, 0.4) is 0 Å². The van der Waals surface area contributed by atoms with Gasteiger partial charge >= 0.3 is 5.97 Å². The number of amides is 2. The lowest BCUT2D eigenvalue weighted by atomic mass is 9.84. The van der Waals surface area contributed by atoms with Crippen LogP contribution in [0.4, 0.5) is 0 Å². The molecule has 8 heteroatoms. The summed E-state index contributed by atoms with van der Waals surface area (Å²) in [5.74, 6) is -0.185. The SMILES string of the molecule is CC(C)(C)C1=C(C(=O)OC(c2ccccc2)c2ccccc2)N2C(=O)C(NC(=O)COc3ccccc3)[C@H]2SC1. The van der Waals surface area contributed by atoms with Crippen LogP contribution in [0.2, 0.25) is 0 Å². The van der Waals surface area contributed by atoms with Crippen LogP contribution < -0.4 is 10.1 Å². The summed E-state index contributed by atoms with van der Waals surface area (Å²) in [7, 11) is 0. The van der Waals surface area contributed by atoms with E-state index in [1.807, 2.05) is 99.6 Å². The zero-order valence-electron chi connectivity index (χ0n) is 22.7. The molecule has 0 spiro atoms. The third-order valence-corrected chi connectivity index (χ3v) is 8.21. The highest BCUT2D eigenvalue weighted by Crippen LogP contribution is 2.46. The third-order valence-electron chi connectivity index (χ3n) is 6.93. The van der Waals surface area contributed by atoms with E-state index in [2.05, 4.69) is 5.32 Å². The van der Waals surface area contributed by atoms with E-state index in [1.54, 1.807) is 12.1 Å². The number of benzene rings is 3. The fraction of sp³-hybridized carbons (Fsp3) is 0.281. The maximum Gasteiger partial charge on any atom is 0.356 e. The Labute approximate surface area is 238 Å². The lowest BCUT2D eigenvalue weighted by Crippen LogP contribution is -2.71. The average Bonchev–Trinajstić information content (AvgIpc) is 2.97. The van der Waals surface area contributed by atoms with Gasteiger partial charge in [0.25, 0.3) is 11.8 Å². The first-order valence-electron chi connectivity index (χ1n) is 13.2. The van der Waals surface area contributed by atoms with Gasteiger partial charge in [-0.05, 0) is 34.2 Å². The topological polar surface area (TPSA) is 84.9 Å². The van der Waals surface area contributed by atoms with Gasteiger partial charge in [0.2, 0.25) is 0 Å². The van der Waals surface area contributed by atoms with Crippen LogP contribution in [-0.2, 0) is 19.1 Å².